The maximum atomic E-state index is 11.8. The van der Waals surface area contributed by atoms with Gasteiger partial charge in [0, 0.05) is 26.1 Å². The van der Waals surface area contributed by atoms with Gasteiger partial charge in [0.1, 0.15) is 11.5 Å². The molecule has 2 aromatic rings. The SMILES string of the molecule is O=C1C[C@H](C(=O)O)C2(CCN(Cc3cccc(Oc4ccccc4)c3)CC2)N1. The number of carboxylic acids is 1. The molecule has 2 aliphatic heterocycles. The van der Waals surface area contributed by atoms with E-state index in [-0.39, 0.29) is 12.3 Å². The van der Waals surface area contributed by atoms with Crippen LogP contribution in [0, 0.1) is 5.92 Å². The highest BCUT2D eigenvalue weighted by molar-refractivity contribution is 5.88. The second-order valence-electron chi connectivity index (χ2n) is 7.64. The number of carbonyl (C=O) groups is 2. The minimum absolute atomic E-state index is 0.0915. The number of likely N-dealkylation sites (tertiary alicyclic amines) is 1. The van der Waals surface area contributed by atoms with Crippen LogP contribution in [0.2, 0.25) is 0 Å². The Labute approximate surface area is 164 Å². The third kappa shape index (κ3) is 3.87. The molecule has 6 nitrogen and oxygen atoms in total. The van der Waals surface area contributed by atoms with Crippen molar-refractivity contribution in [3.63, 3.8) is 0 Å². The number of nitrogens with zero attached hydrogens (tertiary/aromatic N) is 1. The first-order valence-corrected chi connectivity index (χ1v) is 9.62. The smallest absolute Gasteiger partial charge is 0.309 e. The maximum absolute atomic E-state index is 11.8. The molecule has 2 saturated heterocycles. The summed E-state index contributed by atoms with van der Waals surface area (Å²) in [6, 6.07) is 17.7. The number of ether oxygens (including phenoxy) is 1. The first-order chi connectivity index (χ1) is 13.5. The highest BCUT2D eigenvalue weighted by atomic mass is 16.5. The van der Waals surface area contributed by atoms with Crippen LogP contribution in [-0.4, -0.2) is 40.5 Å². The van der Waals surface area contributed by atoms with Crippen molar-refractivity contribution < 1.29 is 19.4 Å². The summed E-state index contributed by atoms with van der Waals surface area (Å²) >= 11 is 0. The van der Waals surface area contributed by atoms with Crippen LogP contribution < -0.4 is 10.1 Å². The molecule has 1 spiro atoms. The largest absolute Gasteiger partial charge is 0.481 e. The van der Waals surface area contributed by atoms with Crippen molar-refractivity contribution >= 4 is 11.9 Å². The van der Waals surface area contributed by atoms with Gasteiger partial charge in [-0.3, -0.25) is 14.5 Å². The van der Waals surface area contributed by atoms with Crippen LogP contribution in [0.15, 0.2) is 54.6 Å². The van der Waals surface area contributed by atoms with Gasteiger partial charge in [0.05, 0.1) is 11.5 Å². The van der Waals surface area contributed by atoms with Crippen LogP contribution in [0.1, 0.15) is 24.8 Å². The van der Waals surface area contributed by atoms with Crippen molar-refractivity contribution in [3.05, 3.63) is 60.2 Å². The Morgan fingerprint density at radius 1 is 1.11 bits per heavy atom. The van der Waals surface area contributed by atoms with E-state index in [1.807, 2.05) is 48.5 Å². The van der Waals surface area contributed by atoms with E-state index < -0.39 is 17.4 Å². The lowest BCUT2D eigenvalue weighted by Crippen LogP contribution is -2.55. The van der Waals surface area contributed by atoms with Gasteiger partial charge >= 0.3 is 5.97 Å². The van der Waals surface area contributed by atoms with Crippen LogP contribution in [0.5, 0.6) is 11.5 Å². The summed E-state index contributed by atoms with van der Waals surface area (Å²) in [4.78, 5) is 25.7. The average molecular weight is 380 g/mol. The Morgan fingerprint density at radius 3 is 2.54 bits per heavy atom. The minimum atomic E-state index is -0.877. The zero-order chi connectivity index (χ0) is 19.6. The molecule has 2 N–H and O–H groups in total. The van der Waals surface area contributed by atoms with Crippen molar-refractivity contribution in [3.8, 4) is 11.5 Å². The molecule has 0 unspecified atom stereocenters. The van der Waals surface area contributed by atoms with Gasteiger partial charge in [0.25, 0.3) is 0 Å². The van der Waals surface area contributed by atoms with E-state index in [1.165, 1.54) is 0 Å². The highest BCUT2D eigenvalue weighted by Crippen LogP contribution is 2.37. The Hall–Kier alpha value is -2.86. The van der Waals surface area contributed by atoms with E-state index in [0.717, 1.165) is 36.7 Å². The van der Waals surface area contributed by atoms with Gasteiger partial charge in [0.2, 0.25) is 5.91 Å². The molecule has 4 rings (SSSR count). The molecule has 1 atom stereocenters. The summed E-state index contributed by atoms with van der Waals surface area (Å²) in [5, 5.41) is 12.4. The molecule has 2 aliphatic rings. The van der Waals surface area contributed by atoms with Crippen LogP contribution in [0.4, 0.5) is 0 Å². The second kappa shape index (κ2) is 7.64. The van der Waals surface area contributed by atoms with E-state index in [1.54, 1.807) is 0 Å². The Balaban J connectivity index is 1.38. The zero-order valence-corrected chi connectivity index (χ0v) is 15.6. The number of carbonyl (C=O) groups excluding carboxylic acids is 1. The van der Waals surface area contributed by atoms with E-state index in [2.05, 4.69) is 16.3 Å². The van der Waals surface area contributed by atoms with Gasteiger partial charge in [0.15, 0.2) is 0 Å². The van der Waals surface area contributed by atoms with Crippen molar-refractivity contribution in [2.75, 3.05) is 13.1 Å². The fraction of sp³-hybridized carbons (Fsp3) is 0.364. The molecule has 0 aromatic heterocycles. The van der Waals surface area contributed by atoms with Crippen molar-refractivity contribution in [1.82, 2.24) is 10.2 Å². The summed E-state index contributed by atoms with van der Waals surface area (Å²) in [7, 11) is 0. The van der Waals surface area contributed by atoms with E-state index in [4.69, 9.17) is 4.74 Å². The quantitative estimate of drug-likeness (QED) is 0.834. The fourth-order valence-electron chi connectivity index (χ4n) is 4.29. The summed E-state index contributed by atoms with van der Waals surface area (Å²) in [6.07, 6.45) is 1.42. The highest BCUT2D eigenvalue weighted by Gasteiger charge is 2.51. The van der Waals surface area contributed by atoms with Gasteiger partial charge in [-0.1, -0.05) is 30.3 Å². The van der Waals surface area contributed by atoms with Gasteiger partial charge in [-0.25, -0.2) is 0 Å². The monoisotopic (exact) mass is 380 g/mol. The number of amides is 1. The molecule has 6 heteroatoms. The molecule has 2 aromatic carbocycles. The summed E-state index contributed by atoms with van der Waals surface area (Å²) in [5.41, 5.74) is 0.562. The van der Waals surface area contributed by atoms with Crippen LogP contribution in [0.25, 0.3) is 0 Å². The Bertz CT molecular complexity index is 860. The number of hydrogen-bond acceptors (Lipinski definition) is 4. The molecule has 2 heterocycles. The molecule has 146 valence electrons. The molecule has 0 saturated carbocycles. The molecular weight excluding hydrogens is 356 g/mol. The van der Waals surface area contributed by atoms with Crippen LogP contribution >= 0.6 is 0 Å². The Kier molecular flexibility index (Phi) is 5.05. The summed E-state index contributed by atoms with van der Waals surface area (Å²) in [6.45, 7) is 2.29. The number of carboxylic acid groups (broad SMARTS) is 1. The lowest BCUT2D eigenvalue weighted by Gasteiger charge is -2.41. The third-order valence-electron chi connectivity index (χ3n) is 5.77. The molecule has 0 radical (unpaired) electrons. The van der Waals surface area contributed by atoms with E-state index in [9.17, 15) is 14.7 Å². The number of piperidine rings is 1. The Morgan fingerprint density at radius 2 is 1.82 bits per heavy atom. The second-order valence-corrected chi connectivity index (χ2v) is 7.64. The normalized spacial score (nSPS) is 21.4. The van der Waals surface area contributed by atoms with Crippen molar-refractivity contribution in [2.45, 2.75) is 31.3 Å². The number of nitrogens with one attached hydrogen (secondary N) is 1. The van der Waals surface area contributed by atoms with E-state index >= 15 is 0 Å². The number of benzene rings is 2. The molecule has 2 fully saturated rings. The third-order valence-corrected chi connectivity index (χ3v) is 5.77. The molecule has 1 amide bonds. The lowest BCUT2D eigenvalue weighted by atomic mass is 9.77. The predicted molar refractivity (Wildman–Crippen MR) is 104 cm³/mol. The molecular formula is C22H24N2O4. The number of hydrogen-bond donors (Lipinski definition) is 2. The zero-order valence-electron chi connectivity index (χ0n) is 15.6. The van der Waals surface area contributed by atoms with E-state index in [0.29, 0.717) is 12.8 Å². The van der Waals surface area contributed by atoms with Crippen molar-refractivity contribution in [2.24, 2.45) is 5.92 Å². The summed E-state index contributed by atoms with van der Waals surface area (Å²) in [5.74, 6) is -0.0450. The van der Waals surface area contributed by atoms with Crippen LogP contribution in [-0.2, 0) is 16.1 Å². The standard InChI is InChI=1S/C22H24N2O4/c25-20-14-19(21(26)27)22(23-20)9-11-24(12-10-22)15-16-5-4-8-18(13-16)28-17-6-2-1-3-7-17/h1-8,13,19H,9-12,14-15H2,(H,23,25)(H,26,27)/t19-/m1/s1. The molecule has 0 aliphatic carbocycles. The van der Waals surface area contributed by atoms with Crippen LogP contribution in [0.3, 0.4) is 0 Å². The number of aliphatic carboxylic acids is 1. The predicted octanol–water partition coefficient (Wildman–Crippen LogP) is 3.03. The van der Waals surface area contributed by atoms with Gasteiger partial charge in [-0.15, -0.1) is 0 Å². The maximum Gasteiger partial charge on any atom is 0.309 e. The van der Waals surface area contributed by atoms with Gasteiger partial charge < -0.3 is 15.2 Å². The molecule has 28 heavy (non-hydrogen) atoms. The minimum Gasteiger partial charge on any atom is -0.481 e. The first-order valence-electron chi connectivity index (χ1n) is 9.62. The average Bonchev–Trinajstić information content (AvgIpc) is 3.01. The first kappa shape index (κ1) is 18.5. The van der Waals surface area contributed by atoms with Crippen molar-refractivity contribution in [1.29, 1.82) is 0 Å². The topological polar surface area (TPSA) is 78.9 Å². The fourth-order valence-corrected chi connectivity index (χ4v) is 4.29. The lowest BCUT2D eigenvalue weighted by molar-refractivity contribution is -0.144. The summed E-state index contributed by atoms with van der Waals surface area (Å²) < 4.78 is 5.91. The molecule has 0 bridgehead atoms. The van der Waals surface area contributed by atoms with Gasteiger partial charge in [-0.2, -0.15) is 0 Å². The number of rotatable bonds is 5. The number of para-hydroxylation sites is 1. The van der Waals surface area contributed by atoms with Gasteiger partial charge in [-0.05, 0) is 42.7 Å².